The zero-order valence-electron chi connectivity index (χ0n) is 27.5. The first-order valence-electron chi connectivity index (χ1n) is 16.8. The molecule has 0 aromatic heterocycles. The molecule has 1 spiro atoms. The van der Waals surface area contributed by atoms with Crippen molar-refractivity contribution in [1.82, 2.24) is 0 Å². The standard InChI is InChI=1S/C39H54O6/c1-26(2)9-5-10-27(3)11-6-12-30(25-41)34-24-31-13-7-20-38(45)21-19-33(35(14-8-22-40)39(31,38)37(34)44)28(4)36(43)23-29-15-17-32(42)18-16-29/h6,9,11-12,15-18,31,34-35,37,40-42,44-45H,3,5,7-8,10,13-14,19-25H2,1-2,4H3. The van der Waals surface area contributed by atoms with E-state index in [0.717, 1.165) is 48.0 Å². The van der Waals surface area contributed by atoms with Crippen molar-refractivity contribution in [2.75, 3.05) is 13.2 Å². The van der Waals surface area contributed by atoms with Gasteiger partial charge in [-0.05, 0) is 119 Å². The number of Topliss-reactive ketones (excluding diaryl/α,β-unsaturated/α-hetero) is 1. The Labute approximate surface area is 269 Å². The average Bonchev–Trinajstić information content (AvgIpc) is 3.30. The summed E-state index contributed by atoms with van der Waals surface area (Å²) in [5.41, 5.74) is 3.54. The van der Waals surface area contributed by atoms with E-state index in [-0.39, 0.29) is 48.9 Å². The zero-order chi connectivity index (χ0) is 32.8. The molecule has 6 nitrogen and oxygen atoms in total. The highest BCUT2D eigenvalue weighted by Crippen LogP contribution is 2.69. The minimum absolute atomic E-state index is 0.00572. The largest absolute Gasteiger partial charge is 0.508 e. The second kappa shape index (κ2) is 15.2. The van der Waals surface area contributed by atoms with Crippen LogP contribution >= 0.6 is 0 Å². The predicted octanol–water partition coefficient (Wildman–Crippen LogP) is 6.68. The molecule has 6 unspecified atom stereocenters. The van der Waals surface area contributed by atoms with Crippen LogP contribution in [0.5, 0.6) is 5.75 Å². The van der Waals surface area contributed by atoms with E-state index >= 15 is 0 Å². The number of hydrogen-bond donors (Lipinski definition) is 5. The van der Waals surface area contributed by atoms with Crippen LogP contribution in [-0.4, -0.2) is 56.2 Å². The van der Waals surface area contributed by atoms with Crippen molar-refractivity contribution in [2.24, 2.45) is 23.2 Å². The summed E-state index contributed by atoms with van der Waals surface area (Å²) in [5, 5.41) is 55.0. The predicted molar refractivity (Wildman–Crippen MR) is 180 cm³/mol. The number of phenols is 1. The fourth-order valence-corrected chi connectivity index (χ4v) is 8.89. The summed E-state index contributed by atoms with van der Waals surface area (Å²) in [4.78, 5) is 13.7. The van der Waals surface area contributed by atoms with Crippen LogP contribution in [0.2, 0.25) is 0 Å². The summed E-state index contributed by atoms with van der Waals surface area (Å²) in [5.74, 6) is -0.414. The van der Waals surface area contributed by atoms with E-state index in [1.54, 1.807) is 24.3 Å². The van der Waals surface area contributed by atoms with Crippen molar-refractivity contribution in [1.29, 1.82) is 0 Å². The minimum Gasteiger partial charge on any atom is -0.508 e. The van der Waals surface area contributed by atoms with E-state index in [4.69, 9.17) is 0 Å². The van der Waals surface area contributed by atoms with Gasteiger partial charge in [-0.15, -0.1) is 0 Å². The molecule has 0 amide bonds. The molecule has 1 aromatic rings. The molecule has 5 N–H and O–H groups in total. The van der Waals surface area contributed by atoms with Crippen molar-refractivity contribution < 1.29 is 30.3 Å². The quantitative estimate of drug-likeness (QED) is 0.0957. The van der Waals surface area contributed by atoms with Crippen LogP contribution in [0.1, 0.15) is 90.5 Å². The van der Waals surface area contributed by atoms with E-state index < -0.39 is 17.1 Å². The summed E-state index contributed by atoms with van der Waals surface area (Å²) in [6, 6.07) is 6.67. The summed E-state index contributed by atoms with van der Waals surface area (Å²) < 4.78 is 0. The van der Waals surface area contributed by atoms with E-state index in [9.17, 15) is 30.3 Å². The molecule has 1 aromatic carbocycles. The van der Waals surface area contributed by atoms with Gasteiger partial charge in [0, 0.05) is 24.4 Å². The first kappa shape index (κ1) is 35.1. The number of ketones is 1. The lowest BCUT2D eigenvalue weighted by atomic mass is 9.45. The van der Waals surface area contributed by atoms with Crippen molar-refractivity contribution in [3.05, 3.63) is 88.6 Å². The first-order chi connectivity index (χ1) is 21.5. The van der Waals surface area contributed by atoms with Crippen molar-refractivity contribution in [2.45, 2.75) is 103 Å². The molecule has 0 radical (unpaired) electrons. The SMILES string of the molecule is C=C(C=CC=C(CO)C1CC2CCCC3(O)CCC(=C(C)C(=O)Cc4ccc(O)cc4)C(CCCO)C23C1O)CCC=C(C)C. The minimum atomic E-state index is -1.09. The van der Waals surface area contributed by atoms with Gasteiger partial charge in [0.05, 0.1) is 18.3 Å². The monoisotopic (exact) mass is 618 g/mol. The summed E-state index contributed by atoms with van der Waals surface area (Å²) >= 11 is 0. The Kier molecular flexibility index (Phi) is 11.9. The Morgan fingerprint density at radius 2 is 1.84 bits per heavy atom. The number of aliphatic hydroxyl groups excluding tert-OH is 3. The van der Waals surface area contributed by atoms with E-state index in [1.165, 1.54) is 5.57 Å². The Bertz CT molecular complexity index is 1330. The third-order valence-corrected chi connectivity index (χ3v) is 11.0. The first-order valence-corrected chi connectivity index (χ1v) is 16.8. The lowest BCUT2D eigenvalue weighted by Gasteiger charge is -2.61. The van der Waals surface area contributed by atoms with Gasteiger partial charge >= 0.3 is 0 Å². The molecule has 6 heteroatoms. The molecular formula is C39H54O6. The van der Waals surface area contributed by atoms with Crippen LogP contribution in [0, 0.1) is 23.2 Å². The van der Waals surface area contributed by atoms with Crippen LogP contribution < -0.4 is 0 Å². The van der Waals surface area contributed by atoms with Crippen LogP contribution in [0.4, 0.5) is 0 Å². The van der Waals surface area contributed by atoms with Gasteiger partial charge < -0.3 is 25.5 Å². The third kappa shape index (κ3) is 7.30. The van der Waals surface area contributed by atoms with Crippen LogP contribution in [0.25, 0.3) is 0 Å². The van der Waals surface area contributed by atoms with Gasteiger partial charge in [0.2, 0.25) is 0 Å². The van der Waals surface area contributed by atoms with Crippen LogP contribution in [0.3, 0.4) is 0 Å². The Hall–Kier alpha value is -2.77. The van der Waals surface area contributed by atoms with Gasteiger partial charge in [-0.1, -0.05) is 66.2 Å². The molecular weight excluding hydrogens is 564 g/mol. The summed E-state index contributed by atoms with van der Waals surface area (Å²) in [6.45, 7) is 10.00. The van der Waals surface area contributed by atoms with E-state index in [1.807, 2.05) is 25.2 Å². The van der Waals surface area contributed by atoms with Gasteiger partial charge in [-0.25, -0.2) is 0 Å². The number of rotatable bonds is 13. The molecule has 6 atom stereocenters. The molecule has 246 valence electrons. The topological polar surface area (TPSA) is 118 Å². The highest BCUT2D eigenvalue weighted by atomic mass is 16.3. The summed E-state index contributed by atoms with van der Waals surface area (Å²) in [7, 11) is 0. The molecule has 45 heavy (non-hydrogen) atoms. The maximum Gasteiger partial charge on any atom is 0.162 e. The van der Waals surface area contributed by atoms with Crippen molar-refractivity contribution >= 4 is 5.78 Å². The molecule has 4 rings (SSSR count). The number of carbonyl (C=O) groups excluding carboxylic acids is 1. The second-order valence-corrected chi connectivity index (χ2v) is 13.9. The van der Waals surface area contributed by atoms with Gasteiger partial charge in [0.1, 0.15) is 5.75 Å². The Balaban J connectivity index is 1.69. The maximum absolute atomic E-state index is 13.7. The van der Waals surface area contributed by atoms with Gasteiger partial charge in [-0.3, -0.25) is 4.79 Å². The number of benzene rings is 1. The molecule has 0 bridgehead atoms. The molecule has 0 aliphatic heterocycles. The van der Waals surface area contributed by atoms with E-state index in [0.29, 0.717) is 44.1 Å². The van der Waals surface area contributed by atoms with Crippen LogP contribution in [0.15, 0.2) is 83.0 Å². The molecule has 3 aliphatic rings. The molecule has 3 fully saturated rings. The molecule has 0 heterocycles. The van der Waals surface area contributed by atoms with Crippen molar-refractivity contribution in [3.8, 4) is 5.75 Å². The molecule has 3 saturated carbocycles. The normalized spacial score (nSPS) is 31.0. The smallest absolute Gasteiger partial charge is 0.162 e. The lowest BCUT2D eigenvalue weighted by molar-refractivity contribution is -0.215. The molecule has 3 aliphatic carbocycles. The number of hydrogen-bond acceptors (Lipinski definition) is 6. The third-order valence-electron chi connectivity index (χ3n) is 11.0. The maximum atomic E-state index is 13.7. The van der Waals surface area contributed by atoms with Crippen molar-refractivity contribution in [3.63, 3.8) is 0 Å². The van der Waals surface area contributed by atoms with Gasteiger partial charge in [0.15, 0.2) is 5.78 Å². The lowest BCUT2D eigenvalue weighted by Crippen LogP contribution is -2.65. The number of phenolic OH excluding ortho intramolecular Hbond substituents is 1. The number of aromatic hydroxyl groups is 1. The number of carbonyl (C=O) groups is 1. The summed E-state index contributed by atoms with van der Waals surface area (Å²) in [6.07, 6.45) is 14.2. The van der Waals surface area contributed by atoms with Crippen LogP contribution in [-0.2, 0) is 11.2 Å². The zero-order valence-corrected chi connectivity index (χ0v) is 27.5. The highest BCUT2D eigenvalue weighted by Gasteiger charge is 2.70. The Morgan fingerprint density at radius 3 is 2.51 bits per heavy atom. The second-order valence-electron chi connectivity index (χ2n) is 13.9. The average molecular weight is 619 g/mol. The highest BCUT2D eigenvalue weighted by molar-refractivity contribution is 5.97. The fraction of sp³-hybridized carbons (Fsp3) is 0.564. The Morgan fingerprint density at radius 1 is 1.11 bits per heavy atom. The van der Waals surface area contributed by atoms with E-state index in [2.05, 4.69) is 26.5 Å². The number of allylic oxidation sites excluding steroid dienone is 8. The van der Waals surface area contributed by atoms with Gasteiger partial charge in [0.25, 0.3) is 0 Å². The van der Waals surface area contributed by atoms with Gasteiger partial charge in [-0.2, -0.15) is 0 Å². The number of aliphatic hydroxyl groups is 4. The molecule has 0 saturated heterocycles. The fourth-order valence-electron chi connectivity index (χ4n) is 8.89.